The number of rotatable bonds is 5. The van der Waals surface area contributed by atoms with Gasteiger partial charge in [-0.2, -0.15) is 0 Å². The Labute approximate surface area is 103 Å². The zero-order valence-electron chi connectivity index (χ0n) is 11.0. The van der Waals surface area contributed by atoms with Crippen LogP contribution in [-0.2, 0) is 4.79 Å². The molecule has 1 unspecified atom stereocenters. The van der Waals surface area contributed by atoms with Gasteiger partial charge in [0.1, 0.15) is 0 Å². The molecule has 0 saturated heterocycles. The normalized spacial score (nSPS) is 12.2. The van der Waals surface area contributed by atoms with Gasteiger partial charge in [0.25, 0.3) is 0 Å². The second-order valence-corrected chi connectivity index (χ2v) is 4.28. The fourth-order valence-corrected chi connectivity index (χ4v) is 1.53. The lowest BCUT2D eigenvalue weighted by Crippen LogP contribution is -2.30. The third kappa shape index (κ3) is 4.15. The fourth-order valence-electron chi connectivity index (χ4n) is 1.53. The second-order valence-electron chi connectivity index (χ2n) is 4.28. The third-order valence-corrected chi connectivity index (χ3v) is 2.63. The zero-order valence-corrected chi connectivity index (χ0v) is 11.0. The van der Waals surface area contributed by atoms with E-state index in [1.165, 1.54) is 0 Å². The van der Waals surface area contributed by atoms with Crippen LogP contribution >= 0.6 is 0 Å². The van der Waals surface area contributed by atoms with Crippen molar-refractivity contribution in [3.8, 4) is 0 Å². The van der Waals surface area contributed by atoms with Crippen LogP contribution in [0.2, 0.25) is 0 Å². The maximum atomic E-state index is 11.9. The van der Waals surface area contributed by atoms with Gasteiger partial charge in [0.05, 0.1) is 11.4 Å². The molecule has 0 aliphatic heterocycles. The standard InChI is InChI=1S/C13H21N3O/c1-5-14-8-9(2)13(17)16-12-7-6-10(3)15-11(12)4/h6-7,9,14H,5,8H2,1-4H3,(H,16,17). The van der Waals surface area contributed by atoms with Crippen LogP contribution in [-0.4, -0.2) is 24.0 Å². The summed E-state index contributed by atoms with van der Waals surface area (Å²) in [6.07, 6.45) is 0. The van der Waals surface area contributed by atoms with Crippen LogP contribution in [0.5, 0.6) is 0 Å². The molecule has 4 heteroatoms. The van der Waals surface area contributed by atoms with Crippen molar-refractivity contribution in [2.24, 2.45) is 5.92 Å². The molecule has 17 heavy (non-hydrogen) atoms. The van der Waals surface area contributed by atoms with Gasteiger partial charge in [0, 0.05) is 18.2 Å². The number of aryl methyl sites for hydroxylation is 2. The van der Waals surface area contributed by atoms with Crippen molar-refractivity contribution in [3.63, 3.8) is 0 Å². The van der Waals surface area contributed by atoms with Gasteiger partial charge in [-0.1, -0.05) is 13.8 Å². The minimum atomic E-state index is -0.0457. The summed E-state index contributed by atoms with van der Waals surface area (Å²) in [5.74, 6) is -0.0182. The highest BCUT2D eigenvalue weighted by atomic mass is 16.1. The Kier molecular flexibility index (Phi) is 5.10. The molecule has 0 spiro atoms. The molecule has 0 aliphatic carbocycles. The van der Waals surface area contributed by atoms with Gasteiger partial charge in [-0.15, -0.1) is 0 Å². The van der Waals surface area contributed by atoms with Crippen LogP contribution in [0.1, 0.15) is 25.2 Å². The number of hydrogen-bond acceptors (Lipinski definition) is 3. The molecule has 1 atom stereocenters. The van der Waals surface area contributed by atoms with Crippen molar-refractivity contribution in [1.29, 1.82) is 0 Å². The van der Waals surface area contributed by atoms with Gasteiger partial charge in [-0.25, -0.2) is 0 Å². The molecule has 94 valence electrons. The van der Waals surface area contributed by atoms with E-state index in [1.54, 1.807) is 0 Å². The van der Waals surface area contributed by atoms with E-state index in [4.69, 9.17) is 0 Å². The summed E-state index contributed by atoms with van der Waals surface area (Å²) in [6, 6.07) is 3.80. The molecule has 0 radical (unpaired) electrons. The number of nitrogens with zero attached hydrogens (tertiary/aromatic N) is 1. The number of carbonyl (C=O) groups is 1. The number of hydrogen-bond donors (Lipinski definition) is 2. The lowest BCUT2D eigenvalue weighted by molar-refractivity contribution is -0.119. The molecule has 1 aromatic heterocycles. The summed E-state index contributed by atoms with van der Waals surface area (Å²) < 4.78 is 0. The molecule has 4 nitrogen and oxygen atoms in total. The number of anilines is 1. The molecule has 1 amide bonds. The average molecular weight is 235 g/mol. The second kappa shape index (κ2) is 6.35. The summed E-state index contributed by atoms with van der Waals surface area (Å²) in [6.45, 7) is 9.35. The van der Waals surface area contributed by atoms with E-state index in [0.29, 0.717) is 6.54 Å². The molecule has 1 rings (SSSR count). The molecular formula is C13H21N3O. The molecule has 0 saturated carbocycles. The van der Waals surface area contributed by atoms with Crippen molar-refractivity contribution >= 4 is 11.6 Å². The molecular weight excluding hydrogens is 214 g/mol. The number of aromatic nitrogens is 1. The lowest BCUT2D eigenvalue weighted by atomic mass is 10.1. The summed E-state index contributed by atoms with van der Waals surface area (Å²) in [5.41, 5.74) is 2.61. The first-order valence-electron chi connectivity index (χ1n) is 6.00. The molecule has 0 fully saturated rings. The van der Waals surface area contributed by atoms with Crippen molar-refractivity contribution in [1.82, 2.24) is 10.3 Å². The van der Waals surface area contributed by atoms with Gasteiger partial charge < -0.3 is 10.6 Å². The highest BCUT2D eigenvalue weighted by Crippen LogP contribution is 2.13. The fraction of sp³-hybridized carbons (Fsp3) is 0.538. The monoisotopic (exact) mass is 235 g/mol. The topological polar surface area (TPSA) is 54.0 Å². The Bertz CT molecular complexity index is 390. The van der Waals surface area contributed by atoms with Crippen LogP contribution in [0.25, 0.3) is 0 Å². The smallest absolute Gasteiger partial charge is 0.228 e. The quantitative estimate of drug-likeness (QED) is 0.819. The van der Waals surface area contributed by atoms with Crippen LogP contribution in [0, 0.1) is 19.8 Å². The zero-order chi connectivity index (χ0) is 12.8. The molecule has 0 aliphatic rings. The predicted octanol–water partition coefficient (Wildman–Crippen LogP) is 1.88. The average Bonchev–Trinajstić information content (AvgIpc) is 2.29. The summed E-state index contributed by atoms with van der Waals surface area (Å²) in [4.78, 5) is 16.2. The van der Waals surface area contributed by atoms with Gasteiger partial charge in [0.15, 0.2) is 0 Å². The number of pyridine rings is 1. The van der Waals surface area contributed by atoms with Gasteiger partial charge in [0.2, 0.25) is 5.91 Å². The minimum Gasteiger partial charge on any atom is -0.324 e. The van der Waals surface area contributed by atoms with Gasteiger partial charge >= 0.3 is 0 Å². The summed E-state index contributed by atoms with van der Waals surface area (Å²) in [7, 11) is 0. The van der Waals surface area contributed by atoms with Crippen LogP contribution in [0.15, 0.2) is 12.1 Å². The van der Waals surface area contributed by atoms with E-state index in [2.05, 4.69) is 15.6 Å². The SMILES string of the molecule is CCNCC(C)C(=O)Nc1ccc(C)nc1C. The van der Waals surface area contributed by atoms with Gasteiger partial charge in [-0.05, 0) is 32.5 Å². The van der Waals surface area contributed by atoms with Gasteiger partial charge in [-0.3, -0.25) is 9.78 Å². The van der Waals surface area contributed by atoms with Crippen molar-refractivity contribution in [2.75, 3.05) is 18.4 Å². The molecule has 0 aromatic carbocycles. The first kappa shape index (κ1) is 13.6. The maximum absolute atomic E-state index is 11.9. The number of carbonyl (C=O) groups excluding carboxylic acids is 1. The Morgan fingerprint density at radius 3 is 2.71 bits per heavy atom. The third-order valence-electron chi connectivity index (χ3n) is 2.63. The maximum Gasteiger partial charge on any atom is 0.228 e. The first-order chi connectivity index (χ1) is 8.04. The highest BCUT2D eigenvalue weighted by molar-refractivity contribution is 5.92. The highest BCUT2D eigenvalue weighted by Gasteiger charge is 2.13. The first-order valence-corrected chi connectivity index (χ1v) is 6.00. The van der Waals surface area contributed by atoms with Crippen molar-refractivity contribution in [3.05, 3.63) is 23.5 Å². The van der Waals surface area contributed by atoms with Crippen LogP contribution < -0.4 is 10.6 Å². The van der Waals surface area contributed by atoms with Crippen molar-refractivity contribution in [2.45, 2.75) is 27.7 Å². The largest absolute Gasteiger partial charge is 0.324 e. The molecule has 1 heterocycles. The predicted molar refractivity (Wildman–Crippen MR) is 70.0 cm³/mol. The minimum absolute atomic E-state index is 0.0275. The van der Waals surface area contributed by atoms with Crippen LogP contribution in [0.4, 0.5) is 5.69 Å². The Balaban J connectivity index is 2.61. The van der Waals surface area contributed by atoms with E-state index in [9.17, 15) is 4.79 Å². The van der Waals surface area contributed by atoms with E-state index in [1.807, 2.05) is 39.8 Å². The van der Waals surface area contributed by atoms with E-state index < -0.39 is 0 Å². The van der Waals surface area contributed by atoms with E-state index in [-0.39, 0.29) is 11.8 Å². The number of nitrogens with one attached hydrogen (secondary N) is 2. The molecule has 2 N–H and O–H groups in total. The Morgan fingerprint density at radius 1 is 1.41 bits per heavy atom. The Morgan fingerprint density at radius 2 is 2.12 bits per heavy atom. The lowest BCUT2D eigenvalue weighted by Gasteiger charge is -2.13. The van der Waals surface area contributed by atoms with Crippen molar-refractivity contribution < 1.29 is 4.79 Å². The summed E-state index contributed by atoms with van der Waals surface area (Å²) in [5, 5.41) is 6.07. The van der Waals surface area contributed by atoms with E-state index >= 15 is 0 Å². The Hall–Kier alpha value is -1.42. The van der Waals surface area contributed by atoms with E-state index in [0.717, 1.165) is 23.6 Å². The number of amides is 1. The molecule has 1 aromatic rings. The molecule has 0 bridgehead atoms. The summed E-state index contributed by atoms with van der Waals surface area (Å²) >= 11 is 0. The van der Waals surface area contributed by atoms with Crippen LogP contribution in [0.3, 0.4) is 0 Å².